The first-order valence-corrected chi connectivity index (χ1v) is 4.12. The molecule has 3 heteroatoms. The van der Waals surface area contributed by atoms with Crippen molar-refractivity contribution in [3.63, 3.8) is 0 Å². The summed E-state index contributed by atoms with van der Waals surface area (Å²) in [7, 11) is 0. The maximum atomic E-state index is 8.57. The second kappa shape index (κ2) is 3.55. The van der Waals surface area contributed by atoms with Crippen molar-refractivity contribution in [3.05, 3.63) is 39.0 Å². The summed E-state index contributed by atoms with van der Waals surface area (Å²) in [6, 6.07) is 5.36. The second-order valence-electron chi connectivity index (χ2n) is 1.80. The first-order chi connectivity index (χ1) is 4.74. The van der Waals surface area contributed by atoms with E-state index in [1.54, 1.807) is 12.1 Å². The monoisotopic (exact) mass is 267 g/mol. The highest BCUT2D eigenvalue weighted by Gasteiger charge is 1.96. The van der Waals surface area contributed by atoms with Crippen LogP contribution in [-0.2, 0) is 0 Å². The Balaban J connectivity index is 3.04. The molecule has 0 amide bonds. The Labute approximate surface area is 78.2 Å². The molecule has 0 saturated heterocycles. The van der Waals surface area contributed by atoms with Gasteiger partial charge in [-0.2, -0.15) is 0 Å². The van der Waals surface area contributed by atoms with Gasteiger partial charge in [-0.1, -0.05) is 17.7 Å². The van der Waals surface area contributed by atoms with E-state index in [2.05, 4.69) is 22.6 Å². The van der Waals surface area contributed by atoms with E-state index in [4.69, 9.17) is 16.7 Å². The molecule has 0 bridgehead atoms. The van der Waals surface area contributed by atoms with Gasteiger partial charge in [0.2, 0.25) is 0 Å². The number of hydrogen-bond acceptors (Lipinski definition) is 1. The highest BCUT2D eigenvalue weighted by atomic mass is 127. The van der Waals surface area contributed by atoms with Crippen LogP contribution in [0, 0.1) is 10.2 Å². The number of aliphatic hydroxyl groups excluding tert-OH is 1. The van der Waals surface area contributed by atoms with Crippen molar-refractivity contribution >= 4 is 34.2 Å². The number of halogens is 2. The predicted octanol–water partition coefficient (Wildman–Crippen LogP) is 2.83. The summed E-state index contributed by atoms with van der Waals surface area (Å²) in [5.41, 5.74) is 0.727. The van der Waals surface area contributed by atoms with Gasteiger partial charge in [-0.3, -0.25) is 0 Å². The van der Waals surface area contributed by atoms with Crippen LogP contribution in [0.3, 0.4) is 0 Å². The van der Waals surface area contributed by atoms with Gasteiger partial charge in [-0.05, 0) is 40.3 Å². The Bertz CT molecular complexity index is 237. The molecule has 1 aromatic rings. The van der Waals surface area contributed by atoms with Crippen molar-refractivity contribution in [1.82, 2.24) is 0 Å². The highest BCUT2D eigenvalue weighted by Crippen LogP contribution is 2.19. The maximum Gasteiger partial charge on any atom is 0.109 e. The molecular formula is C7H5ClIO. The van der Waals surface area contributed by atoms with Crippen molar-refractivity contribution in [1.29, 1.82) is 0 Å². The van der Waals surface area contributed by atoms with Crippen LogP contribution in [0.15, 0.2) is 18.2 Å². The van der Waals surface area contributed by atoms with Crippen molar-refractivity contribution in [2.24, 2.45) is 0 Å². The van der Waals surface area contributed by atoms with E-state index in [1.165, 1.54) is 0 Å². The third-order valence-corrected chi connectivity index (χ3v) is 2.66. The lowest BCUT2D eigenvalue weighted by molar-refractivity contribution is 0.415. The van der Waals surface area contributed by atoms with Crippen LogP contribution >= 0.6 is 34.2 Å². The van der Waals surface area contributed by atoms with E-state index >= 15 is 0 Å². The van der Waals surface area contributed by atoms with Crippen LogP contribution in [0.2, 0.25) is 5.02 Å². The summed E-state index contributed by atoms with van der Waals surface area (Å²) in [5.74, 6) is 0. The zero-order valence-corrected chi connectivity index (χ0v) is 7.93. The second-order valence-corrected chi connectivity index (χ2v) is 3.37. The molecule has 1 rings (SSSR count). The fraction of sp³-hybridized carbons (Fsp3) is 0. The molecule has 0 unspecified atom stereocenters. The van der Waals surface area contributed by atoms with Gasteiger partial charge in [-0.15, -0.1) is 0 Å². The summed E-state index contributed by atoms with van der Waals surface area (Å²) in [4.78, 5) is 0. The van der Waals surface area contributed by atoms with Crippen molar-refractivity contribution < 1.29 is 5.11 Å². The Morgan fingerprint density at radius 1 is 1.50 bits per heavy atom. The van der Waals surface area contributed by atoms with Crippen LogP contribution in [0.25, 0.3) is 0 Å². The normalized spacial score (nSPS) is 9.90. The summed E-state index contributed by atoms with van der Waals surface area (Å²) in [6.45, 7) is 1.03. The zero-order chi connectivity index (χ0) is 7.56. The molecule has 0 spiro atoms. The average molecular weight is 267 g/mol. The topological polar surface area (TPSA) is 20.2 Å². The van der Waals surface area contributed by atoms with E-state index in [1.807, 2.05) is 6.07 Å². The molecule has 1 aromatic carbocycles. The lowest BCUT2D eigenvalue weighted by Gasteiger charge is -1.97. The van der Waals surface area contributed by atoms with E-state index in [9.17, 15) is 0 Å². The van der Waals surface area contributed by atoms with Crippen LogP contribution in [0.1, 0.15) is 5.56 Å². The first kappa shape index (κ1) is 8.30. The molecule has 0 aromatic heterocycles. The largest absolute Gasteiger partial charge is 0.385 e. The zero-order valence-electron chi connectivity index (χ0n) is 5.01. The first-order valence-electron chi connectivity index (χ1n) is 2.66. The van der Waals surface area contributed by atoms with E-state index in [0.717, 1.165) is 15.7 Å². The van der Waals surface area contributed by atoms with Crippen LogP contribution in [-0.4, -0.2) is 5.11 Å². The molecule has 0 fully saturated rings. The van der Waals surface area contributed by atoms with Gasteiger partial charge in [0.25, 0.3) is 0 Å². The third-order valence-electron chi connectivity index (χ3n) is 1.09. The van der Waals surface area contributed by atoms with E-state index < -0.39 is 0 Å². The minimum absolute atomic E-state index is 0.670. The molecule has 10 heavy (non-hydrogen) atoms. The van der Waals surface area contributed by atoms with Crippen molar-refractivity contribution in [3.8, 4) is 0 Å². The van der Waals surface area contributed by atoms with Crippen LogP contribution in [0.5, 0.6) is 0 Å². The Kier molecular flexibility index (Phi) is 2.95. The van der Waals surface area contributed by atoms with E-state index in [0.29, 0.717) is 5.02 Å². The van der Waals surface area contributed by atoms with Gasteiger partial charge in [0.05, 0.1) is 5.02 Å². The standard InChI is InChI=1S/C7H5ClIO/c8-6-3-5(4-10)1-2-7(6)9/h1-4,10H. The quantitative estimate of drug-likeness (QED) is 0.776. The number of aliphatic hydroxyl groups is 1. The minimum Gasteiger partial charge on any atom is -0.385 e. The molecule has 0 aliphatic carbocycles. The fourth-order valence-electron chi connectivity index (χ4n) is 0.593. The third kappa shape index (κ3) is 1.84. The molecule has 0 saturated carbocycles. The number of rotatable bonds is 1. The maximum absolute atomic E-state index is 8.57. The highest BCUT2D eigenvalue weighted by molar-refractivity contribution is 14.1. The Morgan fingerprint density at radius 3 is 2.70 bits per heavy atom. The minimum atomic E-state index is 0.670. The molecule has 1 nitrogen and oxygen atoms in total. The van der Waals surface area contributed by atoms with Gasteiger partial charge >= 0.3 is 0 Å². The molecule has 1 radical (unpaired) electrons. The summed E-state index contributed by atoms with van der Waals surface area (Å²) >= 11 is 7.88. The molecule has 0 aliphatic heterocycles. The fourth-order valence-corrected chi connectivity index (χ4v) is 1.12. The summed E-state index contributed by atoms with van der Waals surface area (Å²) in [5, 5.41) is 9.24. The Morgan fingerprint density at radius 2 is 2.20 bits per heavy atom. The Hall–Kier alpha value is 0.200. The summed E-state index contributed by atoms with van der Waals surface area (Å²) in [6.07, 6.45) is 0. The van der Waals surface area contributed by atoms with Crippen LogP contribution in [0.4, 0.5) is 0 Å². The van der Waals surface area contributed by atoms with Gasteiger partial charge in [0.15, 0.2) is 0 Å². The number of hydrogen-bond donors (Lipinski definition) is 1. The van der Waals surface area contributed by atoms with E-state index in [-0.39, 0.29) is 0 Å². The van der Waals surface area contributed by atoms with Crippen molar-refractivity contribution in [2.75, 3.05) is 0 Å². The van der Waals surface area contributed by atoms with Gasteiger partial charge in [-0.25, -0.2) is 0 Å². The SMILES string of the molecule is O[CH]c1ccc(I)c(Cl)c1. The molecular weight excluding hydrogens is 262 g/mol. The molecule has 0 atom stereocenters. The molecule has 0 heterocycles. The molecule has 1 N–H and O–H groups in total. The van der Waals surface area contributed by atoms with Gasteiger partial charge in [0.1, 0.15) is 6.61 Å². The summed E-state index contributed by atoms with van der Waals surface area (Å²) < 4.78 is 0.991. The average Bonchev–Trinajstić information content (AvgIpc) is 1.95. The van der Waals surface area contributed by atoms with Gasteiger partial charge < -0.3 is 5.11 Å². The van der Waals surface area contributed by atoms with Crippen molar-refractivity contribution in [2.45, 2.75) is 0 Å². The number of benzene rings is 1. The van der Waals surface area contributed by atoms with Gasteiger partial charge in [0, 0.05) is 3.57 Å². The smallest absolute Gasteiger partial charge is 0.109 e. The van der Waals surface area contributed by atoms with Crippen LogP contribution < -0.4 is 0 Å². The predicted molar refractivity (Wildman–Crippen MR) is 49.5 cm³/mol. The molecule has 53 valence electrons. The molecule has 0 aliphatic rings. The lowest BCUT2D eigenvalue weighted by Crippen LogP contribution is -1.80. The lowest BCUT2D eigenvalue weighted by atomic mass is 10.2.